The molecule has 2 aliphatic heterocycles. The highest BCUT2D eigenvalue weighted by Gasteiger charge is 2.64. The van der Waals surface area contributed by atoms with Gasteiger partial charge in [-0.15, -0.1) is 0 Å². The predicted molar refractivity (Wildman–Crippen MR) is 99.5 cm³/mol. The van der Waals surface area contributed by atoms with Crippen LogP contribution in [0.25, 0.3) is 0 Å². The third-order valence-corrected chi connectivity index (χ3v) is 7.34. The van der Waals surface area contributed by atoms with Gasteiger partial charge in [0, 0.05) is 17.0 Å². The molecule has 4 atom stereocenters. The van der Waals surface area contributed by atoms with E-state index in [1.54, 1.807) is 7.11 Å². The second-order valence-electron chi connectivity index (χ2n) is 9.42. The van der Waals surface area contributed by atoms with Gasteiger partial charge in [-0.05, 0) is 61.4 Å². The van der Waals surface area contributed by atoms with Crippen molar-refractivity contribution in [2.45, 2.75) is 57.6 Å². The molecule has 3 heteroatoms. The first-order valence-corrected chi connectivity index (χ1v) is 9.65. The topological polar surface area (TPSA) is 21.7 Å². The summed E-state index contributed by atoms with van der Waals surface area (Å²) in [6.07, 6.45) is 6.19. The molecule has 2 aliphatic carbocycles. The molecule has 1 saturated heterocycles. The Morgan fingerprint density at radius 2 is 2.08 bits per heavy atom. The fourth-order valence-corrected chi connectivity index (χ4v) is 6.21. The molecule has 0 amide bonds. The second kappa shape index (κ2) is 4.82. The van der Waals surface area contributed by atoms with E-state index in [0.717, 1.165) is 24.5 Å². The molecule has 134 valence electrons. The number of hydrogen-bond donors (Lipinski definition) is 0. The number of likely N-dealkylation sites (tertiary alicyclic amines) is 1. The minimum atomic E-state index is 0.135. The first-order valence-electron chi connectivity index (χ1n) is 9.65. The highest BCUT2D eigenvalue weighted by molar-refractivity contribution is 5.63. The van der Waals surface area contributed by atoms with Gasteiger partial charge in [-0.1, -0.05) is 32.9 Å². The van der Waals surface area contributed by atoms with E-state index in [9.17, 15) is 0 Å². The molecule has 1 aromatic rings. The van der Waals surface area contributed by atoms with E-state index in [0.29, 0.717) is 12.0 Å². The van der Waals surface area contributed by atoms with E-state index in [4.69, 9.17) is 9.47 Å². The zero-order valence-electron chi connectivity index (χ0n) is 16.1. The maximum atomic E-state index is 6.76. The monoisotopic (exact) mass is 339 g/mol. The predicted octanol–water partition coefficient (Wildman–Crippen LogP) is 3.95. The minimum absolute atomic E-state index is 0.135. The van der Waals surface area contributed by atoms with Crippen molar-refractivity contribution < 1.29 is 9.47 Å². The van der Waals surface area contributed by atoms with Crippen LogP contribution < -0.4 is 9.47 Å². The summed E-state index contributed by atoms with van der Waals surface area (Å²) in [5.41, 5.74) is 4.74. The van der Waals surface area contributed by atoms with Crippen molar-refractivity contribution in [2.24, 2.45) is 11.3 Å². The molecule has 0 radical (unpaired) electrons. The van der Waals surface area contributed by atoms with Crippen LogP contribution in [0.2, 0.25) is 0 Å². The van der Waals surface area contributed by atoms with E-state index in [2.05, 4.69) is 50.9 Å². The van der Waals surface area contributed by atoms with Crippen molar-refractivity contribution >= 4 is 0 Å². The summed E-state index contributed by atoms with van der Waals surface area (Å²) in [6, 6.07) is 5.03. The van der Waals surface area contributed by atoms with Crippen molar-refractivity contribution in [3.05, 3.63) is 34.9 Å². The molecule has 4 aliphatic rings. The Bertz CT molecular complexity index is 775. The lowest BCUT2D eigenvalue weighted by Crippen LogP contribution is -2.63. The number of piperidine rings is 1. The smallest absolute Gasteiger partial charge is 0.166 e. The zero-order chi connectivity index (χ0) is 17.6. The fraction of sp³-hybridized carbons (Fsp3) is 0.636. The van der Waals surface area contributed by atoms with Crippen LogP contribution in [0.4, 0.5) is 0 Å². The SMILES string of the molecule is COc1ccc2c3c1O[C@H]1C(C(C)(C)C)=CC[C@H]4[C@@H](C2)N(C)CC[C@]314. The summed E-state index contributed by atoms with van der Waals surface area (Å²) in [7, 11) is 4.07. The van der Waals surface area contributed by atoms with Crippen LogP contribution in [0.15, 0.2) is 23.8 Å². The normalized spacial score (nSPS) is 35.7. The van der Waals surface area contributed by atoms with Gasteiger partial charge in [0.2, 0.25) is 0 Å². The minimum Gasteiger partial charge on any atom is -0.493 e. The van der Waals surface area contributed by atoms with Crippen LogP contribution in [-0.4, -0.2) is 37.7 Å². The van der Waals surface area contributed by atoms with Gasteiger partial charge in [-0.25, -0.2) is 0 Å². The van der Waals surface area contributed by atoms with Gasteiger partial charge in [0.05, 0.1) is 7.11 Å². The summed E-state index contributed by atoms with van der Waals surface area (Å²) in [5.74, 6) is 2.60. The van der Waals surface area contributed by atoms with Crippen molar-refractivity contribution in [3.63, 3.8) is 0 Å². The number of hydrogen-bond acceptors (Lipinski definition) is 3. The molecule has 0 unspecified atom stereocenters. The third-order valence-electron chi connectivity index (χ3n) is 7.34. The summed E-state index contributed by atoms with van der Waals surface area (Å²) in [4.78, 5) is 2.59. The van der Waals surface area contributed by atoms with Crippen LogP contribution in [0, 0.1) is 11.3 Å². The first kappa shape index (κ1) is 15.7. The van der Waals surface area contributed by atoms with Crippen molar-refractivity contribution in [3.8, 4) is 11.5 Å². The number of nitrogens with zero attached hydrogens (tertiary/aromatic N) is 1. The summed E-state index contributed by atoms with van der Waals surface area (Å²) < 4.78 is 12.5. The lowest BCUT2D eigenvalue weighted by atomic mass is 9.50. The van der Waals surface area contributed by atoms with Gasteiger partial charge < -0.3 is 14.4 Å². The largest absolute Gasteiger partial charge is 0.493 e. The van der Waals surface area contributed by atoms with Gasteiger partial charge in [0.1, 0.15) is 6.10 Å². The number of ether oxygens (including phenoxy) is 2. The number of methoxy groups -OCH3 is 1. The van der Waals surface area contributed by atoms with Gasteiger partial charge >= 0.3 is 0 Å². The Morgan fingerprint density at radius 3 is 2.80 bits per heavy atom. The number of allylic oxidation sites excluding steroid dienone is 1. The molecule has 2 heterocycles. The average molecular weight is 339 g/mol. The van der Waals surface area contributed by atoms with Crippen molar-refractivity contribution in [1.82, 2.24) is 4.90 Å². The summed E-state index contributed by atoms with van der Waals surface area (Å²) >= 11 is 0. The van der Waals surface area contributed by atoms with Crippen LogP contribution in [-0.2, 0) is 11.8 Å². The summed E-state index contributed by atoms with van der Waals surface area (Å²) in [6.45, 7) is 8.15. The lowest BCUT2D eigenvalue weighted by Gasteiger charge is -2.58. The van der Waals surface area contributed by atoms with Crippen LogP contribution in [0.5, 0.6) is 11.5 Å². The highest BCUT2D eigenvalue weighted by Crippen LogP contribution is 2.65. The Kier molecular flexibility index (Phi) is 3.04. The molecule has 0 N–H and O–H groups in total. The van der Waals surface area contributed by atoms with Gasteiger partial charge in [0.25, 0.3) is 0 Å². The summed E-state index contributed by atoms with van der Waals surface area (Å²) in [5, 5.41) is 0. The lowest BCUT2D eigenvalue weighted by molar-refractivity contribution is -0.0141. The average Bonchev–Trinajstić information content (AvgIpc) is 2.91. The van der Waals surface area contributed by atoms with E-state index in [1.807, 2.05) is 0 Å². The maximum Gasteiger partial charge on any atom is 0.166 e. The highest BCUT2D eigenvalue weighted by atomic mass is 16.5. The molecule has 1 spiro atoms. The fourth-order valence-electron chi connectivity index (χ4n) is 6.21. The van der Waals surface area contributed by atoms with Crippen molar-refractivity contribution in [1.29, 1.82) is 0 Å². The van der Waals surface area contributed by atoms with E-state index in [-0.39, 0.29) is 16.9 Å². The number of rotatable bonds is 1. The van der Waals surface area contributed by atoms with Gasteiger partial charge in [-0.3, -0.25) is 0 Å². The quantitative estimate of drug-likeness (QED) is 0.723. The second-order valence-corrected chi connectivity index (χ2v) is 9.42. The van der Waals surface area contributed by atoms with Crippen LogP contribution >= 0.6 is 0 Å². The molecule has 5 rings (SSSR count). The van der Waals surface area contributed by atoms with Crippen molar-refractivity contribution in [2.75, 3.05) is 20.7 Å². The van der Waals surface area contributed by atoms with Gasteiger partial charge in [0.15, 0.2) is 11.5 Å². The van der Waals surface area contributed by atoms with E-state index >= 15 is 0 Å². The van der Waals surface area contributed by atoms with Crippen LogP contribution in [0.1, 0.15) is 44.7 Å². The standard InChI is InChI=1S/C22H29NO2/c1-21(2,3)15-8-7-14-16-12-13-6-9-17(24-5)19-18(13)22(14,20(15)25-19)10-11-23(16)4/h6,8-9,14,16,20H,7,10-12H2,1-5H3/t14-,16+,20-,22-/m0/s1. The van der Waals surface area contributed by atoms with Gasteiger partial charge in [-0.2, -0.15) is 0 Å². The Labute approximate surface area is 151 Å². The molecule has 1 aromatic carbocycles. The van der Waals surface area contributed by atoms with Crippen LogP contribution in [0.3, 0.4) is 0 Å². The zero-order valence-corrected chi connectivity index (χ0v) is 16.1. The molecule has 2 bridgehead atoms. The molecule has 25 heavy (non-hydrogen) atoms. The molecular weight excluding hydrogens is 310 g/mol. The van der Waals surface area contributed by atoms with E-state index in [1.165, 1.54) is 29.5 Å². The molecule has 0 saturated carbocycles. The maximum absolute atomic E-state index is 6.76. The first-order chi connectivity index (χ1) is 11.9. The Balaban J connectivity index is 1.79. The Morgan fingerprint density at radius 1 is 1.28 bits per heavy atom. The molecule has 0 aromatic heterocycles. The number of benzene rings is 1. The van der Waals surface area contributed by atoms with E-state index < -0.39 is 0 Å². The molecule has 3 nitrogen and oxygen atoms in total. The number of likely N-dealkylation sites (N-methyl/N-ethyl adjacent to an activating group) is 1. The third kappa shape index (κ3) is 1.80. The molecular formula is C22H29NO2. The molecule has 1 fully saturated rings. The Hall–Kier alpha value is -1.48.